The highest BCUT2D eigenvalue weighted by atomic mass is 19.1. The molecular weight excluding hydrogens is 327 g/mol. The van der Waals surface area contributed by atoms with Crippen LogP contribution in [0.25, 0.3) is 0 Å². The second kappa shape index (κ2) is 9.00. The van der Waals surface area contributed by atoms with Crippen LogP contribution in [0.5, 0.6) is 0 Å². The van der Waals surface area contributed by atoms with Crippen LogP contribution in [0.15, 0.2) is 48.5 Å². The first-order valence-corrected chi connectivity index (χ1v) is 7.83. The number of aliphatic hydroxyl groups excluding tert-OH is 2. The average Bonchev–Trinajstić information content (AvgIpc) is 2.62. The minimum Gasteiger partial charge on any atom is -0.445 e. The van der Waals surface area contributed by atoms with Gasteiger partial charge in [0.25, 0.3) is 0 Å². The van der Waals surface area contributed by atoms with Crippen molar-refractivity contribution in [2.45, 2.75) is 25.2 Å². The Morgan fingerprint density at radius 1 is 1.16 bits per heavy atom. The van der Waals surface area contributed by atoms with Crippen LogP contribution >= 0.6 is 0 Å². The summed E-state index contributed by atoms with van der Waals surface area (Å²) in [7, 11) is 0. The molecule has 0 saturated heterocycles. The molecule has 134 valence electrons. The molecule has 2 atom stereocenters. The second-order valence-corrected chi connectivity index (χ2v) is 5.54. The fourth-order valence-electron chi connectivity index (χ4n) is 2.26. The van der Waals surface area contributed by atoms with Gasteiger partial charge in [-0.05, 0) is 18.1 Å². The lowest BCUT2D eigenvalue weighted by Crippen LogP contribution is -2.30. The summed E-state index contributed by atoms with van der Waals surface area (Å²) in [6.45, 7) is 0.197. The molecule has 0 fully saturated rings. The van der Waals surface area contributed by atoms with E-state index in [9.17, 15) is 19.4 Å². The molecule has 5 N–H and O–H groups in total. The number of rotatable bonds is 7. The van der Waals surface area contributed by atoms with Crippen molar-refractivity contribution in [2.75, 3.05) is 12.3 Å². The Labute approximate surface area is 145 Å². The van der Waals surface area contributed by atoms with Crippen LogP contribution in [0.3, 0.4) is 0 Å². The number of hydrogen-bond donors (Lipinski definition) is 4. The molecule has 0 aromatic heterocycles. The molecule has 2 aromatic carbocycles. The number of benzene rings is 2. The number of anilines is 1. The van der Waals surface area contributed by atoms with Gasteiger partial charge in [0.1, 0.15) is 12.7 Å². The molecule has 2 rings (SSSR count). The van der Waals surface area contributed by atoms with Gasteiger partial charge in [-0.1, -0.05) is 42.5 Å². The second-order valence-electron chi connectivity index (χ2n) is 5.54. The largest absolute Gasteiger partial charge is 0.445 e. The van der Waals surface area contributed by atoms with E-state index in [1.54, 1.807) is 0 Å². The van der Waals surface area contributed by atoms with Gasteiger partial charge in [0.2, 0.25) is 0 Å². The molecule has 0 aliphatic heterocycles. The molecule has 2 unspecified atom stereocenters. The smallest absolute Gasteiger partial charge is 0.407 e. The molecule has 6 nitrogen and oxygen atoms in total. The standard InChI is InChI=1S/C18H21FN2O4/c19-16-13(7-4-8-14(16)20)17(23)15(22)9-10-21-18(24)25-11-12-5-2-1-3-6-12/h1-8,15,17,22-23H,9-11,20H2,(H,21,24). The molecular formula is C18H21FN2O4. The Morgan fingerprint density at radius 3 is 2.60 bits per heavy atom. The first-order chi connectivity index (χ1) is 12.0. The maximum absolute atomic E-state index is 13.8. The highest BCUT2D eigenvalue weighted by molar-refractivity contribution is 5.67. The molecule has 25 heavy (non-hydrogen) atoms. The van der Waals surface area contributed by atoms with Crippen LogP contribution in [-0.4, -0.2) is 29.0 Å². The van der Waals surface area contributed by atoms with E-state index in [-0.39, 0.29) is 30.8 Å². The van der Waals surface area contributed by atoms with Gasteiger partial charge in [-0.2, -0.15) is 0 Å². The Balaban J connectivity index is 1.75. The third-order valence-corrected chi connectivity index (χ3v) is 3.66. The van der Waals surface area contributed by atoms with Crippen molar-refractivity contribution in [3.05, 3.63) is 65.5 Å². The summed E-state index contributed by atoms with van der Waals surface area (Å²) in [5, 5.41) is 22.4. The van der Waals surface area contributed by atoms with Crippen LogP contribution in [0.4, 0.5) is 14.9 Å². The van der Waals surface area contributed by atoms with Gasteiger partial charge < -0.3 is 26.0 Å². The number of ether oxygens (including phenoxy) is 1. The van der Waals surface area contributed by atoms with Crippen LogP contribution in [0, 0.1) is 5.82 Å². The summed E-state index contributed by atoms with van der Waals surface area (Å²) < 4.78 is 18.9. The quantitative estimate of drug-likeness (QED) is 0.574. The number of carbonyl (C=O) groups excluding carboxylic acids is 1. The normalized spacial score (nSPS) is 13.1. The van der Waals surface area contributed by atoms with E-state index in [1.807, 2.05) is 30.3 Å². The zero-order valence-electron chi connectivity index (χ0n) is 13.6. The fraction of sp³-hybridized carbons (Fsp3) is 0.278. The van der Waals surface area contributed by atoms with Crippen LogP contribution in [0.2, 0.25) is 0 Å². The lowest BCUT2D eigenvalue weighted by molar-refractivity contribution is 0.0117. The average molecular weight is 348 g/mol. The van der Waals surface area contributed by atoms with Crippen LogP contribution in [-0.2, 0) is 11.3 Å². The van der Waals surface area contributed by atoms with Gasteiger partial charge in [0, 0.05) is 12.1 Å². The summed E-state index contributed by atoms with van der Waals surface area (Å²) in [6.07, 6.45) is -3.31. The van der Waals surface area contributed by atoms with Crippen molar-refractivity contribution >= 4 is 11.8 Å². The number of nitrogen functional groups attached to an aromatic ring is 1. The van der Waals surface area contributed by atoms with Gasteiger partial charge in [-0.15, -0.1) is 0 Å². The van der Waals surface area contributed by atoms with E-state index in [4.69, 9.17) is 10.5 Å². The number of amides is 1. The summed E-state index contributed by atoms with van der Waals surface area (Å²) in [5.41, 5.74) is 6.10. The fourth-order valence-corrected chi connectivity index (χ4v) is 2.26. The Morgan fingerprint density at radius 2 is 1.88 bits per heavy atom. The Hall–Kier alpha value is -2.64. The first kappa shape index (κ1) is 18.7. The lowest BCUT2D eigenvalue weighted by Gasteiger charge is -2.19. The van der Waals surface area contributed by atoms with Crippen molar-refractivity contribution in [3.63, 3.8) is 0 Å². The topological polar surface area (TPSA) is 105 Å². The molecule has 0 aliphatic rings. The number of halogens is 1. The van der Waals surface area contributed by atoms with E-state index in [0.29, 0.717) is 0 Å². The van der Waals surface area contributed by atoms with Crippen molar-refractivity contribution in [1.82, 2.24) is 5.32 Å². The number of aliphatic hydroxyl groups is 2. The zero-order chi connectivity index (χ0) is 18.2. The molecule has 0 heterocycles. The minimum atomic E-state index is -1.44. The van der Waals surface area contributed by atoms with E-state index in [2.05, 4.69) is 5.32 Å². The number of hydrogen-bond acceptors (Lipinski definition) is 5. The number of nitrogens with one attached hydrogen (secondary N) is 1. The highest BCUT2D eigenvalue weighted by Crippen LogP contribution is 2.24. The number of alkyl carbamates (subject to hydrolysis) is 1. The SMILES string of the molecule is Nc1cccc(C(O)C(O)CCNC(=O)OCc2ccccc2)c1F. The van der Waals surface area contributed by atoms with Crippen LogP contribution < -0.4 is 11.1 Å². The maximum Gasteiger partial charge on any atom is 0.407 e. The zero-order valence-corrected chi connectivity index (χ0v) is 13.6. The van der Waals surface area contributed by atoms with E-state index in [1.165, 1.54) is 18.2 Å². The lowest BCUT2D eigenvalue weighted by atomic mass is 10.0. The van der Waals surface area contributed by atoms with Gasteiger partial charge in [-0.3, -0.25) is 0 Å². The van der Waals surface area contributed by atoms with Gasteiger partial charge in [-0.25, -0.2) is 9.18 Å². The first-order valence-electron chi connectivity index (χ1n) is 7.83. The van der Waals surface area contributed by atoms with Gasteiger partial charge in [0.15, 0.2) is 5.82 Å². The maximum atomic E-state index is 13.8. The van der Waals surface area contributed by atoms with Crippen molar-refractivity contribution in [2.24, 2.45) is 0 Å². The van der Waals surface area contributed by atoms with Crippen molar-refractivity contribution in [1.29, 1.82) is 0 Å². The molecule has 0 spiro atoms. The summed E-state index contributed by atoms with van der Waals surface area (Å²) in [5.74, 6) is -0.760. The molecule has 2 aromatic rings. The number of nitrogens with two attached hydrogens (primary N) is 1. The Kier molecular flexibility index (Phi) is 6.73. The molecule has 0 radical (unpaired) electrons. The van der Waals surface area contributed by atoms with Crippen molar-refractivity contribution < 1.29 is 24.1 Å². The summed E-state index contributed by atoms with van der Waals surface area (Å²) >= 11 is 0. The molecule has 0 saturated carbocycles. The summed E-state index contributed by atoms with van der Waals surface area (Å²) in [6, 6.07) is 13.4. The monoisotopic (exact) mass is 348 g/mol. The predicted molar refractivity (Wildman–Crippen MR) is 91.0 cm³/mol. The highest BCUT2D eigenvalue weighted by Gasteiger charge is 2.22. The minimum absolute atomic E-state index is 0.0237. The van der Waals surface area contributed by atoms with E-state index >= 15 is 0 Å². The molecule has 0 bridgehead atoms. The van der Waals surface area contributed by atoms with Crippen LogP contribution in [0.1, 0.15) is 23.7 Å². The van der Waals surface area contributed by atoms with Gasteiger partial charge >= 0.3 is 6.09 Å². The molecule has 0 aliphatic carbocycles. The van der Waals surface area contributed by atoms with Gasteiger partial charge in [0.05, 0.1) is 11.8 Å². The Bertz CT molecular complexity index is 697. The number of carbonyl (C=O) groups is 1. The van der Waals surface area contributed by atoms with E-state index < -0.39 is 24.1 Å². The van der Waals surface area contributed by atoms with Crippen molar-refractivity contribution in [3.8, 4) is 0 Å². The molecule has 7 heteroatoms. The van der Waals surface area contributed by atoms with E-state index in [0.717, 1.165) is 5.56 Å². The summed E-state index contributed by atoms with van der Waals surface area (Å²) in [4.78, 5) is 11.6. The predicted octanol–water partition coefficient (Wildman–Crippen LogP) is 2.12. The molecule has 1 amide bonds. The third-order valence-electron chi connectivity index (χ3n) is 3.66. The third kappa shape index (κ3) is 5.44.